The molecule has 2 N–H and O–H groups in total. The van der Waals surface area contributed by atoms with Crippen LogP contribution in [0.2, 0.25) is 0 Å². The number of aryl methyl sites for hydroxylation is 1. The molecule has 0 bridgehead atoms. The Morgan fingerprint density at radius 2 is 2.21 bits per heavy atom. The molecule has 8 heteroatoms. The Balaban J connectivity index is 0.00000225. The summed E-state index contributed by atoms with van der Waals surface area (Å²) in [4.78, 5) is 10.9. The van der Waals surface area contributed by atoms with Gasteiger partial charge in [-0.2, -0.15) is 5.10 Å². The van der Waals surface area contributed by atoms with Gasteiger partial charge in [-0.15, -0.1) is 35.3 Å². The van der Waals surface area contributed by atoms with Crippen LogP contribution in [0.3, 0.4) is 0 Å². The molecule has 2 aliphatic rings. The number of thiophene rings is 1. The lowest BCUT2D eigenvalue weighted by molar-refractivity contribution is 0.306. The maximum atomic E-state index is 5.06. The molecule has 154 valence electrons. The first kappa shape index (κ1) is 21.5. The largest absolute Gasteiger partial charge is 0.357 e. The van der Waals surface area contributed by atoms with E-state index in [0.29, 0.717) is 6.04 Å². The second kappa shape index (κ2) is 10.0. The molecule has 1 atom stereocenters. The zero-order valence-corrected chi connectivity index (χ0v) is 19.7. The monoisotopic (exact) mass is 514 g/mol. The Hall–Kier alpha value is -1.16. The third kappa shape index (κ3) is 4.87. The van der Waals surface area contributed by atoms with Gasteiger partial charge in [-0.25, -0.2) is 9.67 Å². The molecule has 2 aromatic rings. The van der Waals surface area contributed by atoms with E-state index < -0.39 is 0 Å². The molecule has 0 amide bonds. The van der Waals surface area contributed by atoms with Gasteiger partial charge in [0.1, 0.15) is 12.2 Å². The first-order valence-electron chi connectivity index (χ1n) is 10.2. The molecule has 3 heterocycles. The van der Waals surface area contributed by atoms with Crippen molar-refractivity contribution in [1.29, 1.82) is 0 Å². The lowest BCUT2D eigenvalue weighted by atomic mass is 9.73. The average Bonchev–Trinajstić information content (AvgIpc) is 3.39. The first-order valence-corrected chi connectivity index (χ1v) is 11.1. The third-order valence-corrected chi connectivity index (χ3v) is 7.00. The maximum absolute atomic E-state index is 5.06. The number of hydrogen-bond donors (Lipinski definition) is 2. The summed E-state index contributed by atoms with van der Waals surface area (Å²) in [6.45, 7) is 4.72. The van der Waals surface area contributed by atoms with Crippen LogP contribution in [-0.4, -0.2) is 39.9 Å². The molecular formula is C20H31IN6S. The van der Waals surface area contributed by atoms with E-state index in [2.05, 4.69) is 45.2 Å². The molecule has 0 spiro atoms. The van der Waals surface area contributed by atoms with E-state index in [0.717, 1.165) is 44.3 Å². The molecule has 1 unspecified atom stereocenters. The summed E-state index contributed by atoms with van der Waals surface area (Å²) in [5.74, 6) is 2.03. The number of nitrogens with one attached hydrogen (secondary N) is 2. The molecule has 1 saturated carbocycles. The average molecular weight is 514 g/mol. The molecule has 0 radical (unpaired) electrons. The fraction of sp³-hybridized carbons (Fsp3) is 0.650. The van der Waals surface area contributed by atoms with Crippen LogP contribution in [0.1, 0.15) is 56.2 Å². The maximum Gasteiger partial charge on any atom is 0.191 e. The lowest BCUT2D eigenvalue weighted by Crippen LogP contribution is -2.47. The number of hydrogen-bond acceptors (Lipinski definition) is 4. The minimum Gasteiger partial charge on any atom is -0.357 e. The van der Waals surface area contributed by atoms with Gasteiger partial charge in [0.05, 0.1) is 13.1 Å². The minimum atomic E-state index is 0. The second-order valence-electron chi connectivity index (χ2n) is 7.75. The second-order valence-corrected chi connectivity index (χ2v) is 8.70. The highest BCUT2D eigenvalue weighted by molar-refractivity contribution is 14.0. The smallest absolute Gasteiger partial charge is 0.191 e. The van der Waals surface area contributed by atoms with Gasteiger partial charge in [-0.3, -0.25) is 4.99 Å². The SMILES string of the molecule is CCNC(=NCC1(c2cccs2)CCCCC1)NC1CCc2ncnn2C1.I. The van der Waals surface area contributed by atoms with E-state index in [9.17, 15) is 0 Å². The number of aliphatic imine (C=N–C) groups is 1. The van der Waals surface area contributed by atoms with E-state index >= 15 is 0 Å². The number of fused-ring (bicyclic) bond motifs is 1. The summed E-state index contributed by atoms with van der Waals surface area (Å²) in [5, 5.41) is 13.6. The summed E-state index contributed by atoms with van der Waals surface area (Å²) >= 11 is 1.89. The molecule has 1 aliphatic heterocycles. The predicted octanol–water partition coefficient (Wildman–Crippen LogP) is 3.73. The number of guanidine groups is 1. The highest BCUT2D eigenvalue weighted by atomic mass is 127. The first-order chi connectivity index (χ1) is 13.3. The number of nitrogens with zero attached hydrogens (tertiary/aromatic N) is 4. The number of rotatable bonds is 5. The van der Waals surface area contributed by atoms with Crippen molar-refractivity contribution in [2.24, 2.45) is 4.99 Å². The summed E-state index contributed by atoms with van der Waals surface area (Å²) < 4.78 is 2.01. The van der Waals surface area contributed by atoms with E-state index in [1.165, 1.54) is 37.0 Å². The van der Waals surface area contributed by atoms with Gasteiger partial charge < -0.3 is 10.6 Å². The van der Waals surface area contributed by atoms with Crippen molar-refractivity contribution < 1.29 is 0 Å². The van der Waals surface area contributed by atoms with Crippen LogP contribution in [0.4, 0.5) is 0 Å². The lowest BCUT2D eigenvalue weighted by Gasteiger charge is -2.35. The number of halogens is 1. The fourth-order valence-electron chi connectivity index (χ4n) is 4.39. The van der Waals surface area contributed by atoms with Crippen molar-refractivity contribution in [2.75, 3.05) is 13.1 Å². The highest BCUT2D eigenvalue weighted by Crippen LogP contribution is 2.41. The predicted molar refractivity (Wildman–Crippen MR) is 126 cm³/mol. The van der Waals surface area contributed by atoms with Gasteiger partial charge in [-0.05, 0) is 37.6 Å². The Kier molecular flexibility index (Phi) is 7.73. The third-order valence-electron chi connectivity index (χ3n) is 5.88. The molecule has 6 nitrogen and oxygen atoms in total. The van der Waals surface area contributed by atoms with Crippen LogP contribution < -0.4 is 10.6 Å². The van der Waals surface area contributed by atoms with Crippen molar-refractivity contribution in [3.8, 4) is 0 Å². The number of aromatic nitrogens is 3. The Morgan fingerprint density at radius 3 is 2.96 bits per heavy atom. The summed E-state index contributed by atoms with van der Waals surface area (Å²) in [5.41, 5.74) is 0.223. The summed E-state index contributed by atoms with van der Waals surface area (Å²) in [6, 6.07) is 4.83. The van der Waals surface area contributed by atoms with Gasteiger partial charge in [0, 0.05) is 29.3 Å². The van der Waals surface area contributed by atoms with Crippen molar-refractivity contribution in [3.63, 3.8) is 0 Å². The molecule has 0 saturated heterocycles. The zero-order valence-electron chi connectivity index (χ0n) is 16.6. The van der Waals surface area contributed by atoms with Gasteiger partial charge in [0.2, 0.25) is 0 Å². The van der Waals surface area contributed by atoms with Crippen molar-refractivity contribution >= 4 is 41.3 Å². The molecule has 2 aromatic heterocycles. The van der Waals surface area contributed by atoms with Crippen LogP contribution in [-0.2, 0) is 18.4 Å². The normalized spacial score (nSPS) is 21.5. The van der Waals surface area contributed by atoms with E-state index in [4.69, 9.17) is 4.99 Å². The Labute approximate surface area is 188 Å². The van der Waals surface area contributed by atoms with Gasteiger partial charge in [0.25, 0.3) is 0 Å². The van der Waals surface area contributed by atoms with Crippen LogP contribution in [0, 0.1) is 0 Å². The van der Waals surface area contributed by atoms with Crippen molar-refractivity contribution in [3.05, 3.63) is 34.5 Å². The van der Waals surface area contributed by atoms with Crippen LogP contribution >= 0.6 is 35.3 Å². The topological polar surface area (TPSA) is 67.1 Å². The highest BCUT2D eigenvalue weighted by Gasteiger charge is 2.35. The van der Waals surface area contributed by atoms with E-state index in [1.54, 1.807) is 6.33 Å². The molecule has 4 rings (SSSR count). The van der Waals surface area contributed by atoms with Gasteiger partial charge >= 0.3 is 0 Å². The molecule has 1 aliphatic carbocycles. The van der Waals surface area contributed by atoms with Crippen molar-refractivity contribution in [1.82, 2.24) is 25.4 Å². The minimum absolute atomic E-state index is 0. The van der Waals surface area contributed by atoms with E-state index in [-0.39, 0.29) is 29.4 Å². The molecule has 0 aromatic carbocycles. The van der Waals surface area contributed by atoms with Gasteiger partial charge in [0.15, 0.2) is 5.96 Å². The van der Waals surface area contributed by atoms with Crippen molar-refractivity contribution in [2.45, 2.75) is 69.9 Å². The Morgan fingerprint density at radius 1 is 1.36 bits per heavy atom. The quantitative estimate of drug-likeness (QED) is 0.363. The van der Waals surface area contributed by atoms with Crippen LogP contribution in [0.25, 0.3) is 0 Å². The van der Waals surface area contributed by atoms with E-state index in [1.807, 2.05) is 16.0 Å². The standard InChI is InChI=1S/C20H30N6S.HI/c1-2-21-19(25-16-8-9-18-23-15-24-26(18)13-16)22-14-20(10-4-3-5-11-20)17-7-6-12-27-17;/h6-7,12,15-16H,2-5,8-11,13-14H2,1H3,(H2,21,22,25);1H. The summed E-state index contributed by atoms with van der Waals surface area (Å²) in [6.07, 6.45) is 10.2. The van der Waals surface area contributed by atoms with Crippen LogP contribution in [0.15, 0.2) is 28.8 Å². The van der Waals surface area contributed by atoms with Gasteiger partial charge in [-0.1, -0.05) is 25.3 Å². The molecule has 1 fully saturated rings. The summed E-state index contributed by atoms with van der Waals surface area (Å²) in [7, 11) is 0. The molecule has 28 heavy (non-hydrogen) atoms. The fourth-order valence-corrected chi connectivity index (χ4v) is 5.37. The molecular weight excluding hydrogens is 483 g/mol. The Bertz CT molecular complexity index is 751. The van der Waals surface area contributed by atoms with Crippen LogP contribution in [0.5, 0.6) is 0 Å². The zero-order chi connectivity index (χ0) is 18.5.